The number of nitrogens with zero attached hydrogens (tertiary/aromatic N) is 1. The van der Waals surface area contributed by atoms with Crippen molar-refractivity contribution in [1.29, 1.82) is 0 Å². The number of carboxylic acid groups (broad SMARTS) is 1. The first-order valence-electron chi connectivity index (χ1n) is 4.24. The van der Waals surface area contributed by atoms with Crippen LogP contribution in [0.3, 0.4) is 0 Å². The number of aliphatic carboxylic acids is 1. The monoisotopic (exact) mass is 244 g/mol. The zero-order valence-corrected chi connectivity index (χ0v) is 8.59. The number of carboxylic acids is 1. The summed E-state index contributed by atoms with van der Waals surface area (Å²) < 4.78 is 25.7. The molecule has 0 aliphatic rings. The zero-order chi connectivity index (χ0) is 11.8. The average Bonchev–Trinajstić information content (AvgIpc) is 2.58. The van der Waals surface area contributed by atoms with Gasteiger partial charge in [0.15, 0.2) is 5.16 Å². The Morgan fingerprint density at radius 3 is 2.75 bits per heavy atom. The maximum atomic E-state index is 12.9. The van der Waals surface area contributed by atoms with Crippen LogP contribution in [0.15, 0.2) is 29.4 Å². The number of H-pyrrole nitrogens is 1. The fourth-order valence-electron chi connectivity index (χ4n) is 1.14. The molecule has 0 radical (unpaired) electrons. The van der Waals surface area contributed by atoms with Crippen LogP contribution in [0, 0.1) is 0 Å². The first-order chi connectivity index (χ1) is 7.49. The Bertz CT molecular complexity index is 508. The standard InChI is InChI=1S/C9H6F2N2O2S/c10-9(11,7(14)15)16-8-12-5-3-1-2-4-6(5)13-8/h1-4H,(H,12,13)(H,14,15). The van der Waals surface area contributed by atoms with Crippen molar-refractivity contribution in [2.45, 2.75) is 10.4 Å². The molecule has 0 aliphatic heterocycles. The molecule has 0 atom stereocenters. The Kier molecular flexibility index (Phi) is 2.55. The molecule has 2 aromatic rings. The fourth-order valence-corrected chi connectivity index (χ4v) is 1.78. The number of benzene rings is 1. The topological polar surface area (TPSA) is 66.0 Å². The average molecular weight is 244 g/mol. The summed E-state index contributed by atoms with van der Waals surface area (Å²) in [5.74, 6) is -2.18. The molecule has 16 heavy (non-hydrogen) atoms. The van der Waals surface area contributed by atoms with Gasteiger partial charge in [0, 0.05) is 0 Å². The normalized spacial score (nSPS) is 11.9. The second-order valence-corrected chi connectivity index (χ2v) is 4.09. The number of para-hydroxylation sites is 2. The number of hydrogen-bond donors (Lipinski definition) is 2. The van der Waals surface area contributed by atoms with Crippen LogP contribution in [0.5, 0.6) is 0 Å². The summed E-state index contributed by atoms with van der Waals surface area (Å²) in [6.07, 6.45) is 0. The SMILES string of the molecule is O=C(O)C(F)(F)Sc1nc2ccccc2[nH]1. The van der Waals surface area contributed by atoms with E-state index in [0.29, 0.717) is 11.0 Å². The summed E-state index contributed by atoms with van der Waals surface area (Å²) in [4.78, 5) is 16.7. The lowest BCUT2D eigenvalue weighted by Crippen LogP contribution is -2.23. The van der Waals surface area contributed by atoms with E-state index in [1.165, 1.54) is 0 Å². The number of halogens is 2. The lowest BCUT2D eigenvalue weighted by Gasteiger charge is -2.06. The van der Waals surface area contributed by atoms with Crippen molar-refractivity contribution < 1.29 is 18.7 Å². The molecule has 2 rings (SSSR count). The molecular weight excluding hydrogens is 238 g/mol. The molecule has 0 saturated heterocycles. The third kappa shape index (κ3) is 1.99. The number of fused-ring (bicyclic) bond motifs is 1. The summed E-state index contributed by atoms with van der Waals surface area (Å²) >= 11 is -0.120. The van der Waals surface area contributed by atoms with Gasteiger partial charge in [-0.05, 0) is 23.9 Å². The molecule has 4 nitrogen and oxygen atoms in total. The van der Waals surface area contributed by atoms with Crippen molar-refractivity contribution in [3.05, 3.63) is 24.3 Å². The van der Waals surface area contributed by atoms with Gasteiger partial charge in [-0.2, -0.15) is 8.78 Å². The molecule has 0 aliphatic carbocycles. The van der Waals surface area contributed by atoms with Crippen LogP contribution in [0.1, 0.15) is 0 Å². The van der Waals surface area contributed by atoms with E-state index < -0.39 is 11.2 Å². The van der Waals surface area contributed by atoms with Gasteiger partial charge in [-0.3, -0.25) is 0 Å². The first kappa shape index (κ1) is 10.9. The number of aromatic nitrogens is 2. The minimum Gasteiger partial charge on any atom is -0.476 e. The minimum atomic E-state index is -3.88. The molecular formula is C9H6F2N2O2S. The molecule has 7 heteroatoms. The summed E-state index contributed by atoms with van der Waals surface area (Å²) in [6, 6.07) is 6.76. The van der Waals surface area contributed by atoms with Gasteiger partial charge in [0.05, 0.1) is 11.0 Å². The zero-order valence-electron chi connectivity index (χ0n) is 7.78. The predicted octanol–water partition coefficient (Wildman–Crippen LogP) is 2.33. The molecule has 84 valence electrons. The molecule has 0 amide bonds. The lowest BCUT2D eigenvalue weighted by atomic mass is 10.3. The minimum absolute atomic E-state index is 0.117. The maximum absolute atomic E-state index is 12.9. The highest BCUT2D eigenvalue weighted by molar-refractivity contribution is 8.00. The van der Waals surface area contributed by atoms with Gasteiger partial charge in [-0.15, -0.1) is 0 Å². The molecule has 0 spiro atoms. The van der Waals surface area contributed by atoms with Gasteiger partial charge in [0.25, 0.3) is 0 Å². The molecule has 1 aromatic heterocycles. The van der Waals surface area contributed by atoms with Crippen LogP contribution < -0.4 is 0 Å². The molecule has 1 aromatic carbocycles. The quantitative estimate of drug-likeness (QED) is 0.813. The molecule has 0 saturated carbocycles. The summed E-state index contributed by atoms with van der Waals surface area (Å²) in [5, 5.41) is 4.27. The van der Waals surface area contributed by atoms with Crippen molar-refractivity contribution in [3.63, 3.8) is 0 Å². The summed E-state index contributed by atoms with van der Waals surface area (Å²) in [7, 11) is 0. The van der Waals surface area contributed by atoms with E-state index in [4.69, 9.17) is 5.11 Å². The van der Waals surface area contributed by atoms with Crippen LogP contribution in [0.4, 0.5) is 8.78 Å². The Morgan fingerprint density at radius 1 is 1.44 bits per heavy atom. The van der Waals surface area contributed by atoms with Gasteiger partial charge < -0.3 is 10.1 Å². The number of aromatic amines is 1. The van der Waals surface area contributed by atoms with Crippen molar-refractivity contribution in [2.24, 2.45) is 0 Å². The molecule has 1 heterocycles. The Hall–Kier alpha value is -1.63. The van der Waals surface area contributed by atoms with E-state index in [1.807, 2.05) is 0 Å². The number of imidazole rings is 1. The number of rotatable bonds is 3. The van der Waals surface area contributed by atoms with Crippen LogP contribution in [-0.4, -0.2) is 26.3 Å². The number of alkyl halides is 2. The number of nitrogens with one attached hydrogen (secondary N) is 1. The van der Waals surface area contributed by atoms with Crippen molar-refractivity contribution in [1.82, 2.24) is 9.97 Å². The molecule has 0 bridgehead atoms. The first-order valence-corrected chi connectivity index (χ1v) is 5.06. The van der Waals surface area contributed by atoms with Crippen LogP contribution in [0.25, 0.3) is 11.0 Å². The van der Waals surface area contributed by atoms with Crippen molar-refractivity contribution >= 4 is 28.8 Å². The predicted molar refractivity (Wildman–Crippen MR) is 54.5 cm³/mol. The highest BCUT2D eigenvalue weighted by atomic mass is 32.2. The van der Waals surface area contributed by atoms with E-state index in [9.17, 15) is 13.6 Å². The highest BCUT2D eigenvalue weighted by Crippen LogP contribution is 2.35. The van der Waals surface area contributed by atoms with Gasteiger partial charge in [0.2, 0.25) is 0 Å². The van der Waals surface area contributed by atoms with E-state index in [1.54, 1.807) is 24.3 Å². The van der Waals surface area contributed by atoms with Gasteiger partial charge in [0.1, 0.15) is 0 Å². The fraction of sp³-hybridized carbons (Fsp3) is 0.111. The Morgan fingerprint density at radius 2 is 2.12 bits per heavy atom. The van der Waals surface area contributed by atoms with Crippen molar-refractivity contribution in [3.8, 4) is 0 Å². The second-order valence-electron chi connectivity index (χ2n) is 2.98. The number of thioether (sulfide) groups is 1. The van der Waals surface area contributed by atoms with E-state index in [2.05, 4.69) is 9.97 Å². The Balaban J connectivity index is 2.32. The third-order valence-electron chi connectivity index (χ3n) is 1.84. The number of hydrogen-bond acceptors (Lipinski definition) is 3. The van der Waals surface area contributed by atoms with Gasteiger partial charge >= 0.3 is 11.2 Å². The summed E-state index contributed by atoms with van der Waals surface area (Å²) in [5.41, 5.74) is 1.11. The number of carbonyl (C=O) groups is 1. The van der Waals surface area contributed by atoms with Crippen molar-refractivity contribution in [2.75, 3.05) is 0 Å². The molecule has 0 fully saturated rings. The third-order valence-corrected chi connectivity index (χ3v) is 2.66. The molecule has 0 unspecified atom stereocenters. The largest absolute Gasteiger partial charge is 0.476 e. The smallest absolute Gasteiger partial charge is 0.395 e. The highest BCUT2D eigenvalue weighted by Gasteiger charge is 2.41. The van der Waals surface area contributed by atoms with Gasteiger partial charge in [-0.25, -0.2) is 9.78 Å². The van der Waals surface area contributed by atoms with E-state index in [0.717, 1.165) is 0 Å². The van der Waals surface area contributed by atoms with Crippen LogP contribution >= 0.6 is 11.8 Å². The maximum Gasteiger partial charge on any atom is 0.395 e. The summed E-state index contributed by atoms with van der Waals surface area (Å²) in [6.45, 7) is 0. The van der Waals surface area contributed by atoms with Crippen LogP contribution in [0.2, 0.25) is 0 Å². The molecule has 2 N–H and O–H groups in total. The van der Waals surface area contributed by atoms with Crippen LogP contribution in [-0.2, 0) is 4.79 Å². The van der Waals surface area contributed by atoms with E-state index >= 15 is 0 Å². The second kappa shape index (κ2) is 3.75. The van der Waals surface area contributed by atoms with Gasteiger partial charge in [-0.1, -0.05) is 12.1 Å². The van der Waals surface area contributed by atoms with E-state index in [-0.39, 0.29) is 16.9 Å². The Labute approximate surface area is 92.7 Å². The lowest BCUT2D eigenvalue weighted by molar-refractivity contribution is -0.152.